The second-order valence-corrected chi connectivity index (χ2v) is 6.96. The van der Waals surface area contributed by atoms with E-state index >= 15 is 0 Å². The van der Waals surface area contributed by atoms with E-state index in [0.29, 0.717) is 6.04 Å². The summed E-state index contributed by atoms with van der Waals surface area (Å²) < 4.78 is 0. The summed E-state index contributed by atoms with van der Waals surface area (Å²) >= 11 is 1.86. The van der Waals surface area contributed by atoms with E-state index in [0.717, 1.165) is 30.8 Å². The molecule has 0 radical (unpaired) electrons. The van der Waals surface area contributed by atoms with Crippen molar-refractivity contribution < 1.29 is 0 Å². The third-order valence-electron chi connectivity index (χ3n) is 4.01. The number of halogens is 1. The zero-order valence-corrected chi connectivity index (χ0v) is 17.4. The number of thioether (sulfide) groups is 1. The zero-order valence-electron chi connectivity index (χ0n) is 14.3. The molecule has 0 spiro atoms. The first-order valence-corrected chi connectivity index (χ1v) is 9.03. The Morgan fingerprint density at radius 1 is 1.30 bits per heavy atom. The maximum atomic E-state index is 4.29. The molecule has 0 amide bonds. The monoisotopic (exact) mass is 448 g/mol. The van der Waals surface area contributed by atoms with Crippen LogP contribution in [-0.2, 0) is 0 Å². The van der Waals surface area contributed by atoms with Crippen LogP contribution >= 0.6 is 35.7 Å². The standard InChI is InChI=1S/C17H28N4S.HI/c1-14(21(3)15-9-10-15)13-20-17(18-2)19-11-12-22-16-7-5-4-6-8-16;/h4-8,14-15H,9-13H2,1-3H3,(H2,18,19,20);1H. The average Bonchev–Trinajstić information content (AvgIpc) is 3.39. The van der Waals surface area contributed by atoms with Gasteiger partial charge >= 0.3 is 0 Å². The second kappa shape index (κ2) is 11.1. The van der Waals surface area contributed by atoms with Gasteiger partial charge in [0.15, 0.2) is 5.96 Å². The van der Waals surface area contributed by atoms with Gasteiger partial charge in [0.25, 0.3) is 0 Å². The van der Waals surface area contributed by atoms with Crippen molar-refractivity contribution in [2.45, 2.75) is 36.7 Å². The molecule has 1 aliphatic carbocycles. The molecule has 2 N–H and O–H groups in total. The molecule has 1 aromatic carbocycles. The van der Waals surface area contributed by atoms with Crippen molar-refractivity contribution in [1.29, 1.82) is 0 Å². The minimum absolute atomic E-state index is 0. The number of nitrogens with one attached hydrogen (secondary N) is 2. The molecular formula is C17H29IN4S. The highest BCUT2D eigenvalue weighted by atomic mass is 127. The van der Waals surface area contributed by atoms with Gasteiger partial charge < -0.3 is 10.6 Å². The third-order valence-corrected chi connectivity index (χ3v) is 5.03. The Kier molecular flexibility index (Phi) is 9.97. The lowest BCUT2D eigenvalue weighted by Crippen LogP contribution is -2.45. The normalized spacial score (nSPS) is 15.9. The van der Waals surface area contributed by atoms with Gasteiger partial charge in [0.05, 0.1) is 0 Å². The van der Waals surface area contributed by atoms with Gasteiger partial charge in [-0.25, -0.2) is 0 Å². The van der Waals surface area contributed by atoms with Crippen LogP contribution in [0.4, 0.5) is 0 Å². The van der Waals surface area contributed by atoms with Gasteiger partial charge in [-0.3, -0.25) is 9.89 Å². The summed E-state index contributed by atoms with van der Waals surface area (Å²) in [7, 11) is 4.05. The molecule has 6 heteroatoms. The van der Waals surface area contributed by atoms with Crippen LogP contribution in [0.2, 0.25) is 0 Å². The third kappa shape index (κ3) is 7.76. The first-order valence-electron chi connectivity index (χ1n) is 8.05. The Labute approximate surface area is 161 Å². The number of hydrogen-bond donors (Lipinski definition) is 2. The predicted octanol–water partition coefficient (Wildman–Crippen LogP) is 3.04. The van der Waals surface area contributed by atoms with Crippen LogP contribution in [0.3, 0.4) is 0 Å². The molecule has 0 aliphatic heterocycles. The van der Waals surface area contributed by atoms with Gasteiger partial charge in [-0.05, 0) is 38.9 Å². The Morgan fingerprint density at radius 3 is 2.61 bits per heavy atom. The highest BCUT2D eigenvalue weighted by molar-refractivity contribution is 14.0. The summed E-state index contributed by atoms with van der Waals surface area (Å²) in [6, 6.07) is 11.8. The van der Waals surface area contributed by atoms with E-state index in [4.69, 9.17) is 0 Å². The minimum atomic E-state index is 0. The van der Waals surface area contributed by atoms with E-state index in [-0.39, 0.29) is 24.0 Å². The molecule has 0 heterocycles. The maximum Gasteiger partial charge on any atom is 0.191 e. The number of nitrogens with zero attached hydrogens (tertiary/aromatic N) is 2. The fourth-order valence-corrected chi connectivity index (χ4v) is 3.10. The van der Waals surface area contributed by atoms with Crippen molar-refractivity contribution in [2.24, 2.45) is 4.99 Å². The Morgan fingerprint density at radius 2 is 2.00 bits per heavy atom. The molecule has 23 heavy (non-hydrogen) atoms. The molecule has 1 unspecified atom stereocenters. The van der Waals surface area contributed by atoms with Crippen LogP contribution in [0.25, 0.3) is 0 Å². The number of aliphatic imine (C=N–C) groups is 1. The van der Waals surface area contributed by atoms with Crippen molar-refractivity contribution in [1.82, 2.24) is 15.5 Å². The minimum Gasteiger partial charge on any atom is -0.356 e. The van der Waals surface area contributed by atoms with E-state index in [1.165, 1.54) is 17.7 Å². The Bertz CT molecular complexity index is 465. The van der Waals surface area contributed by atoms with Gasteiger partial charge in [-0.2, -0.15) is 0 Å². The van der Waals surface area contributed by atoms with Crippen LogP contribution in [0.1, 0.15) is 19.8 Å². The lowest BCUT2D eigenvalue weighted by molar-refractivity contribution is 0.247. The molecule has 1 fully saturated rings. The fourth-order valence-electron chi connectivity index (χ4n) is 2.31. The smallest absolute Gasteiger partial charge is 0.191 e. The fraction of sp³-hybridized carbons (Fsp3) is 0.588. The lowest BCUT2D eigenvalue weighted by Gasteiger charge is -2.25. The van der Waals surface area contributed by atoms with Gasteiger partial charge in [-0.1, -0.05) is 18.2 Å². The highest BCUT2D eigenvalue weighted by Crippen LogP contribution is 2.26. The van der Waals surface area contributed by atoms with Crippen molar-refractivity contribution in [3.05, 3.63) is 30.3 Å². The SMILES string of the molecule is CN=C(NCCSc1ccccc1)NCC(C)N(C)C1CC1.I. The number of rotatable bonds is 8. The molecule has 1 aromatic rings. The average molecular weight is 448 g/mol. The van der Waals surface area contributed by atoms with Gasteiger partial charge in [0, 0.05) is 42.9 Å². The molecule has 1 atom stereocenters. The summed E-state index contributed by atoms with van der Waals surface area (Å²) in [6.07, 6.45) is 2.70. The Hall–Kier alpha value is -0.470. The molecule has 0 saturated heterocycles. The molecular weight excluding hydrogens is 419 g/mol. The molecule has 1 aliphatic rings. The van der Waals surface area contributed by atoms with Gasteiger partial charge in [-0.15, -0.1) is 35.7 Å². The van der Waals surface area contributed by atoms with Gasteiger partial charge in [0.1, 0.15) is 0 Å². The summed E-state index contributed by atoms with van der Waals surface area (Å²) in [4.78, 5) is 8.07. The lowest BCUT2D eigenvalue weighted by atomic mass is 10.3. The van der Waals surface area contributed by atoms with Crippen molar-refractivity contribution in [3.8, 4) is 0 Å². The maximum absolute atomic E-state index is 4.29. The Balaban J connectivity index is 0.00000264. The second-order valence-electron chi connectivity index (χ2n) is 5.79. The quantitative estimate of drug-likeness (QED) is 0.211. The van der Waals surface area contributed by atoms with E-state index in [1.54, 1.807) is 0 Å². The van der Waals surface area contributed by atoms with E-state index < -0.39 is 0 Å². The molecule has 0 aromatic heterocycles. The molecule has 0 bridgehead atoms. The summed E-state index contributed by atoms with van der Waals surface area (Å²) in [5, 5.41) is 6.80. The van der Waals surface area contributed by atoms with E-state index in [9.17, 15) is 0 Å². The summed E-state index contributed by atoms with van der Waals surface area (Å²) in [5.74, 6) is 1.92. The van der Waals surface area contributed by atoms with Gasteiger partial charge in [0.2, 0.25) is 0 Å². The van der Waals surface area contributed by atoms with E-state index in [1.807, 2.05) is 24.9 Å². The number of likely N-dealkylation sites (N-methyl/N-ethyl adjacent to an activating group) is 1. The van der Waals surface area contributed by atoms with Crippen molar-refractivity contribution in [2.75, 3.05) is 32.9 Å². The zero-order chi connectivity index (χ0) is 15.8. The first-order chi connectivity index (χ1) is 10.7. The number of guanidine groups is 1. The largest absolute Gasteiger partial charge is 0.356 e. The van der Waals surface area contributed by atoms with Crippen LogP contribution in [-0.4, -0.2) is 55.9 Å². The summed E-state index contributed by atoms with van der Waals surface area (Å²) in [5.41, 5.74) is 0. The summed E-state index contributed by atoms with van der Waals surface area (Å²) in [6.45, 7) is 4.11. The van der Waals surface area contributed by atoms with Crippen LogP contribution in [0.5, 0.6) is 0 Å². The molecule has 1 saturated carbocycles. The predicted molar refractivity (Wildman–Crippen MR) is 112 cm³/mol. The van der Waals surface area contributed by atoms with Crippen LogP contribution < -0.4 is 10.6 Å². The van der Waals surface area contributed by atoms with Crippen LogP contribution in [0, 0.1) is 0 Å². The molecule has 2 rings (SSSR count). The topological polar surface area (TPSA) is 39.7 Å². The number of hydrogen-bond acceptors (Lipinski definition) is 3. The van der Waals surface area contributed by atoms with Crippen molar-refractivity contribution in [3.63, 3.8) is 0 Å². The molecule has 130 valence electrons. The highest BCUT2D eigenvalue weighted by Gasteiger charge is 2.28. The van der Waals surface area contributed by atoms with Crippen molar-refractivity contribution >= 4 is 41.7 Å². The number of benzene rings is 1. The first kappa shape index (κ1) is 20.6. The molecule has 4 nitrogen and oxygen atoms in total. The van der Waals surface area contributed by atoms with Crippen LogP contribution in [0.15, 0.2) is 40.2 Å². The van der Waals surface area contributed by atoms with E-state index in [2.05, 4.69) is 58.8 Å².